The third-order valence-electron chi connectivity index (χ3n) is 6.58. The van der Waals surface area contributed by atoms with Gasteiger partial charge in [0.2, 0.25) is 0 Å². The van der Waals surface area contributed by atoms with Crippen molar-refractivity contribution in [1.29, 1.82) is 0 Å². The predicted molar refractivity (Wildman–Crippen MR) is 96.4 cm³/mol. The third kappa shape index (κ3) is 3.01. The number of phenolic OH excluding ortho intramolecular Hbond substituents is 1. The molecule has 0 aliphatic heterocycles. The van der Waals surface area contributed by atoms with Gasteiger partial charge < -0.3 is 19.3 Å². The maximum Gasteiger partial charge on any atom is 0.315 e. The van der Waals surface area contributed by atoms with Crippen LogP contribution in [0.5, 0.6) is 11.5 Å². The Morgan fingerprint density at radius 3 is 2.31 bits per heavy atom. The van der Waals surface area contributed by atoms with Gasteiger partial charge in [0.25, 0.3) is 0 Å². The lowest BCUT2D eigenvalue weighted by atomic mass is 9.48. The number of aldehydes is 1. The summed E-state index contributed by atoms with van der Waals surface area (Å²) in [5.41, 5.74) is 1.41. The molecule has 4 aliphatic carbocycles. The Labute approximate surface area is 154 Å². The molecule has 0 aromatic heterocycles. The van der Waals surface area contributed by atoms with Crippen molar-refractivity contribution < 1.29 is 24.1 Å². The van der Waals surface area contributed by atoms with Gasteiger partial charge in [0.15, 0.2) is 6.29 Å². The number of carbonyl (C=O) groups excluding carboxylic acids is 1. The Morgan fingerprint density at radius 2 is 1.81 bits per heavy atom. The van der Waals surface area contributed by atoms with E-state index >= 15 is 0 Å². The molecule has 0 radical (unpaired) electrons. The predicted octanol–water partition coefficient (Wildman–Crippen LogP) is 4.02. The minimum Gasteiger partial charge on any atom is -0.507 e. The van der Waals surface area contributed by atoms with E-state index in [9.17, 15) is 9.90 Å². The van der Waals surface area contributed by atoms with Crippen LogP contribution in [0, 0.1) is 17.8 Å². The van der Waals surface area contributed by atoms with Gasteiger partial charge >= 0.3 is 6.48 Å². The largest absolute Gasteiger partial charge is 0.507 e. The number of benzene rings is 1. The summed E-state index contributed by atoms with van der Waals surface area (Å²) in [5, 5.41) is 10.2. The number of methoxy groups -OCH3 is 1. The van der Waals surface area contributed by atoms with Crippen molar-refractivity contribution >= 4 is 6.29 Å². The van der Waals surface area contributed by atoms with Crippen molar-refractivity contribution in [3.8, 4) is 11.5 Å². The highest BCUT2D eigenvalue weighted by Crippen LogP contribution is 2.62. The van der Waals surface area contributed by atoms with Gasteiger partial charge in [-0.3, -0.25) is 4.79 Å². The van der Waals surface area contributed by atoms with Crippen LogP contribution in [0.4, 0.5) is 0 Å². The average Bonchev–Trinajstić information content (AvgIpc) is 2.60. The zero-order valence-corrected chi connectivity index (χ0v) is 15.6. The van der Waals surface area contributed by atoms with E-state index in [1.54, 1.807) is 6.07 Å². The lowest BCUT2D eigenvalue weighted by Crippen LogP contribution is -2.48. The van der Waals surface area contributed by atoms with Gasteiger partial charge in [-0.15, -0.1) is 0 Å². The standard InChI is InChI=1S/C21H28O5/c1-3-25-20(24-2)26-19-8-18(23)16(12-22)7-17(19)21-9-13-4-14(10-21)6-15(5-13)11-21/h7-8,12-15,20,23H,3-6,9-11H2,1-2H3. The maximum absolute atomic E-state index is 11.4. The SMILES string of the molecule is CCOC(OC)Oc1cc(O)c(C=O)cc1C12CC3CC(CC(C3)C1)C2. The molecular weight excluding hydrogens is 332 g/mol. The van der Waals surface area contributed by atoms with Gasteiger partial charge in [-0.05, 0) is 74.7 Å². The Kier molecular flexibility index (Phi) is 4.70. The summed E-state index contributed by atoms with van der Waals surface area (Å²) < 4.78 is 16.7. The highest BCUT2D eigenvalue weighted by atomic mass is 16.8. The van der Waals surface area contributed by atoms with Crippen LogP contribution in [0.15, 0.2) is 12.1 Å². The van der Waals surface area contributed by atoms with Crippen molar-refractivity contribution in [2.75, 3.05) is 13.7 Å². The fraction of sp³-hybridized carbons (Fsp3) is 0.667. The van der Waals surface area contributed by atoms with Crippen LogP contribution < -0.4 is 4.74 Å². The van der Waals surface area contributed by atoms with Crippen LogP contribution in [0.2, 0.25) is 0 Å². The van der Waals surface area contributed by atoms with Crippen LogP contribution in [0.3, 0.4) is 0 Å². The molecule has 5 rings (SSSR count). The highest BCUT2D eigenvalue weighted by molar-refractivity contribution is 5.80. The molecule has 0 heterocycles. The fourth-order valence-electron chi connectivity index (χ4n) is 6.02. The van der Waals surface area contributed by atoms with E-state index in [1.165, 1.54) is 26.4 Å². The summed E-state index contributed by atoms with van der Waals surface area (Å²) in [6.45, 7) is 1.51. The van der Waals surface area contributed by atoms with Gasteiger partial charge in [-0.1, -0.05) is 0 Å². The monoisotopic (exact) mass is 360 g/mol. The molecule has 5 heteroatoms. The van der Waals surface area contributed by atoms with E-state index in [4.69, 9.17) is 14.2 Å². The highest BCUT2D eigenvalue weighted by Gasteiger charge is 2.52. The first-order valence-corrected chi connectivity index (χ1v) is 9.70. The van der Waals surface area contributed by atoms with Crippen molar-refractivity contribution in [2.24, 2.45) is 17.8 Å². The normalized spacial score (nSPS) is 33.2. The van der Waals surface area contributed by atoms with Crippen LogP contribution in [0.1, 0.15) is 61.4 Å². The molecule has 1 aromatic rings. The van der Waals surface area contributed by atoms with Gasteiger partial charge in [0, 0.05) is 18.7 Å². The molecule has 1 unspecified atom stereocenters. The summed E-state index contributed by atoms with van der Waals surface area (Å²) in [6, 6.07) is 3.40. The molecule has 1 aromatic carbocycles. The number of rotatable bonds is 7. The first-order chi connectivity index (χ1) is 12.6. The lowest BCUT2D eigenvalue weighted by molar-refractivity contribution is -0.231. The van der Waals surface area contributed by atoms with E-state index in [-0.39, 0.29) is 11.2 Å². The quantitative estimate of drug-likeness (QED) is 0.588. The Hall–Kier alpha value is -1.59. The molecule has 4 saturated carbocycles. The lowest BCUT2D eigenvalue weighted by Gasteiger charge is -2.57. The molecule has 4 fully saturated rings. The van der Waals surface area contributed by atoms with Crippen molar-refractivity contribution in [3.63, 3.8) is 0 Å². The van der Waals surface area contributed by atoms with E-state index in [2.05, 4.69) is 0 Å². The van der Waals surface area contributed by atoms with Crippen molar-refractivity contribution in [1.82, 2.24) is 0 Å². The summed E-state index contributed by atoms with van der Waals surface area (Å²) in [6.07, 6.45) is 8.18. The van der Waals surface area contributed by atoms with Gasteiger partial charge in [-0.25, -0.2) is 0 Å². The topological polar surface area (TPSA) is 65.0 Å². The molecule has 4 aliphatic rings. The Morgan fingerprint density at radius 1 is 1.19 bits per heavy atom. The van der Waals surface area contributed by atoms with Crippen molar-refractivity contribution in [2.45, 2.75) is 57.3 Å². The summed E-state index contributed by atoms with van der Waals surface area (Å²) in [4.78, 5) is 11.4. The zero-order chi connectivity index (χ0) is 18.3. The average molecular weight is 360 g/mol. The second-order valence-electron chi connectivity index (χ2n) is 8.32. The third-order valence-corrected chi connectivity index (χ3v) is 6.58. The van der Waals surface area contributed by atoms with E-state index in [0.717, 1.165) is 48.9 Å². The molecule has 0 amide bonds. The molecule has 142 valence electrons. The van der Waals surface area contributed by atoms with E-state index in [0.29, 0.717) is 17.9 Å². The molecule has 5 nitrogen and oxygen atoms in total. The second-order valence-corrected chi connectivity index (χ2v) is 8.32. The number of ether oxygens (including phenoxy) is 3. The van der Waals surface area contributed by atoms with Gasteiger partial charge in [0.1, 0.15) is 11.5 Å². The zero-order valence-electron chi connectivity index (χ0n) is 15.6. The number of hydrogen-bond donors (Lipinski definition) is 1. The maximum atomic E-state index is 11.4. The second kappa shape index (κ2) is 6.86. The van der Waals surface area contributed by atoms with Crippen LogP contribution >= 0.6 is 0 Å². The van der Waals surface area contributed by atoms with Gasteiger partial charge in [0.05, 0.1) is 12.2 Å². The van der Waals surface area contributed by atoms with Crippen LogP contribution in [-0.4, -0.2) is 31.6 Å². The number of aromatic hydroxyl groups is 1. The number of phenols is 1. The van der Waals surface area contributed by atoms with E-state index in [1.807, 2.05) is 13.0 Å². The minimum atomic E-state index is -0.825. The van der Waals surface area contributed by atoms with Crippen LogP contribution in [-0.2, 0) is 14.9 Å². The smallest absolute Gasteiger partial charge is 0.315 e. The number of hydrogen-bond acceptors (Lipinski definition) is 5. The minimum absolute atomic E-state index is 0.0417. The van der Waals surface area contributed by atoms with Crippen LogP contribution in [0.25, 0.3) is 0 Å². The summed E-state index contributed by atoms with van der Waals surface area (Å²) in [7, 11) is 1.53. The molecule has 0 saturated heterocycles. The molecule has 4 bridgehead atoms. The fourth-order valence-corrected chi connectivity index (χ4v) is 6.02. The number of carbonyl (C=O) groups is 1. The first kappa shape index (κ1) is 17.8. The summed E-state index contributed by atoms with van der Waals surface area (Å²) >= 11 is 0. The summed E-state index contributed by atoms with van der Waals surface area (Å²) in [5.74, 6) is 2.83. The molecule has 0 spiro atoms. The van der Waals surface area contributed by atoms with Gasteiger partial charge in [-0.2, -0.15) is 0 Å². The van der Waals surface area contributed by atoms with Crippen molar-refractivity contribution in [3.05, 3.63) is 23.3 Å². The van der Waals surface area contributed by atoms with E-state index < -0.39 is 6.48 Å². The Balaban J connectivity index is 1.75. The molecule has 1 atom stereocenters. The first-order valence-electron chi connectivity index (χ1n) is 9.70. The Bertz CT molecular complexity index is 648. The molecule has 1 N–H and O–H groups in total. The molecular formula is C21H28O5. The molecule has 26 heavy (non-hydrogen) atoms.